The monoisotopic (exact) mass is 392 g/mol. The Hall–Kier alpha value is -3.31. The van der Waals surface area contributed by atoms with Crippen LogP contribution in [0.25, 0.3) is 22.2 Å². The van der Waals surface area contributed by atoms with E-state index in [4.69, 9.17) is 25.8 Å². The van der Waals surface area contributed by atoms with Gasteiger partial charge in [0.05, 0.1) is 25.4 Å². The standard InChI is InChI=1S/C22H17ClN2O3/c1-26-19-12-17-18(13-20(19)27-2)24-22(23)25-21(17)14-7-6-10-16(11-14)28-15-8-4-3-5-9-15/h3-13H,1-2H3. The molecule has 1 aromatic heterocycles. The molecule has 0 bridgehead atoms. The first-order chi connectivity index (χ1) is 13.7. The lowest BCUT2D eigenvalue weighted by Gasteiger charge is -2.12. The van der Waals surface area contributed by atoms with Crippen LogP contribution in [0.3, 0.4) is 0 Å². The molecule has 0 saturated carbocycles. The fourth-order valence-electron chi connectivity index (χ4n) is 2.98. The third kappa shape index (κ3) is 3.57. The van der Waals surface area contributed by atoms with Gasteiger partial charge in [-0.1, -0.05) is 30.3 Å². The zero-order valence-corrected chi connectivity index (χ0v) is 16.1. The predicted molar refractivity (Wildman–Crippen MR) is 110 cm³/mol. The van der Waals surface area contributed by atoms with Gasteiger partial charge in [-0.2, -0.15) is 0 Å². The SMILES string of the molecule is COc1cc2nc(Cl)nc(-c3cccc(Oc4ccccc4)c3)c2cc1OC. The van der Waals surface area contributed by atoms with Crippen molar-refractivity contribution in [3.63, 3.8) is 0 Å². The molecule has 0 fully saturated rings. The van der Waals surface area contributed by atoms with Crippen LogP contribution >= 0.6 is 11.6 Å². The molecule has 4 aromatic rings. The van der Waals surface area contributed by atoms with Crippen molar-refractivity contribution in [3.8, 4) is 34.3 Å². The zero-order chi connectivity index (χ0) is 19.5. The molecule has 0 atom stereocenters. The van der Waals surface area contributed by atoms with E-state index in [0.717, 1.165) is 16.7 Å². The van der Waals surface area contributed by atoms with E-state index in [1.807, 2.05) is 60.7 Å². The number of rotatable bonds is 5. The lowest BCUT2D eigenvalue weighted by Crippen LogP contribution is -1.96. The Balaban J connectivity index is 1.83. The number of nitrogens with zero attached hydrogens (tertiary/aromatic N) is 2. The van der Waals surface area contributed by atoms with Crippen LogP contribution in [0.2, 0.25) is 5.28 Å². The molecule has 0 saturated heterocycles. The molecular formula is C22H17ClN2O3. The number of para-hydroxylation sites is 1. The summed E-state index contributed by atoms with van der Waals surface area (Å²) in [6.45, 7) is 0. The van der Waals surface area contributed by atoms with E-state index in [-0.39, 0.29) is 5.28 Å². The molecular weight excluding hydrogens is 376 g/mol. The topological polar surface area (TPSA) is 53.5 Å². The second kappa shape index (κ2) is 7.74. The minimum atomic E-state index is 0.157. The molecule has 6 heteroatoms. The lowest BCUT2D eigenvalue weighted by molar-refractivity contribution is 0.356. The van der Waals surface area contributed by atoms with Gasteiger partial charge in [0.2, 0.25) is 5.28 Å². The van der Waals surface area contributed by atoms with Crippen molar-refractivity contribution >= 4 is 22.5 Å². The first-order valence-corrected chi connectivity index (χ1v) is 8.98. The van der Waals surface area contributed by atoms with Crippen molar-refractivity contribution < 1.29 is 14.2 Å². The van der Waals surface area contributed by atoms with Gasteiger partial charge in [0.25, 0.3) is 0 Å². The van der Waals surface area contributed by atoms with Crippen LogP contribution in [0.5, 0.6) is 23.0 Å². The highest BCUT2D eigenvalue weighted by atomic mass is 35.5. The molecule has 0 aliphatic carbocycles. The van der Waals surface area contributed by atoms with Gasteiger partial charge < -0.3 is 14.2 Å². The van der Waals surface area contributed by atoms with Crippen LogP contribution in [0.15, 0.2) is 66.7 Å². The first kappa shape index (κ1) is 18.1. The Morgan fingerprint density at radius 3 is 2.21 bits per heavy atom. The van der Waals surface area contributed by atoms with Gasteiger partial charge in [0.15, 0.2) is 11.5 Å². The number of benzene rings is 3. The average Bonchev–Trinajstić information content (AvgIpc) is 2.73. The molecule has 0 aliphatic heterocycles. The molecule has 0 radical (unpaired) electrons. The molecule has 1 heterocycles. The fourth-order valence-corrected chi connectivity index (χ4v) is 3.15. The first-order valence-electron chi connectivity index (χ1n) is 8.60. The Morgan fingerprint density at radius 2 is 1.46 bits per heavy atom. The zero-order valence-electron chi connectivity index (χ0n) is 15.3. The van der Waals surface area contributed by atoms with Crippen LogP contribution in [-0.2, 0) is 0 Å². The number of hydrogen-bond donors (Lipinski definition) is 0. The van der Waals surface area contributed by atoms with E-state index in [0.29, 0.717) is 28.5 Å². The second-order valence-electron chi connectivity index (χ2n) is 6.01. The summed E-state index contributed by atoms with van der Waals surface area (Å²) in [5.74, 6) is 2.64. The molecule has 0 unspecified atom stereocenters. The van der Waals surface area contributed by atoms with Crippen molar-refractivity contribution in [2.24, 2.45) is 0 Å². The Labute approximate surface area is 167 Å². The van der Waals surface area contributed by atoms with Crippen molar-refractivity contribution in [1.29, 1.82) is 0 Å². The number of halogens is 1. The summed E-state index contributed by atoms with van der Waals surface area (Å²) in [6, 6.07) is 20.9. The normalized spacial score (nSPS) is 10.7. The van der Waals surface area contributed by atoms with Crippen LogP contribution < -0.4 is 14.2 Å². The number of fused-ring (bicyclic) bond motifs is 1. The summed E-state index contributed by atoms with van der Waals surface area (Å²) in [4.78, 5) is 8.78. The molecule has 0 aliphatic rings. The maximum atomic E-state index is 6.19. The van der Waals surface area contributed by atoms with E-state index in [1.165, 1.54) is 0 Å². The van der Waals surface area contributed by atoms with Crippen molar-refractivity contribution in [3.05, 3.63) is 72.0 Å². The largest absolute Gasteiger partial charge is 0.493 e. The van der Waals surface area contributed by atoms with Gasteiger partial charge in [0.1, 0.15) is 11.5 Å². The van der Waals surface area contributed by atoms with Crippen LogP contribution in [0, 0.1) is 0 Å². The maximum Gasteiger partial charge on any atom is 0.223 e. The molecule has 28 heavy (non-hydrogen) atoms. The minimum absolute atomic E-state index is 0.157. The predicted octanol–water partition coefficient (Wildman–Crippen LogP) is 5.76. The Kier molecular flexibility index (Phi) is 5.00. The van der Waals surface area contributed by atoms with Crippen LogP contribution in [-0.4, -0.2) is 24.2 Å². The summed E-state index contributed by atoms with van der Waals surface area (Å²) in [5, 5.41) is 0.961. The molecule has 4 rings (SSSR count). The van der Waals surface area contributed by atoms with Gasteiger partial charge in [-0.25, -0.2) is 9.97 Å². The molecule has 3 aromatic carbocycles. The van der Waals surface area contributed by atoms with Gasteiger partial charge in [-0.3, -0.25) is 0 Å². The highest BCUT2D eigenvalue weighted by Crippen LogP contribution is 2.37. The molecule has 140 valence electrons. The van der Waals surface area contributed by atoms with E-state index >= 15 is 0 Å². The second-order valence-corrected chi connectivity index (χ2v) is 6.35. The minimum Gasteiger partial charge on any atom is -0.493 e. The highest BCUT2D eigenvalue weighted by Gasteiger charge is 2.14. The van der Waals surface area contributed by atoms with Gasteiger partial charge in [-0.05, 0) is 41.9 Å². The van der Waals surface area contributed by atoms with E-state index < -0.39 is 0 Å². The maximum absolute atomic E-state index is 6.19. The number of aromatic nitrogens is 2. The molecule has 5 nitrogen and oxygen atoms in total. The van der Waals surface area contributed by atoms with Crippen LogP contribution in [0.1, 0.15) is 0 Å². The summed E-state index contributed by atoms with van der Waals surface area (Å²) in [7, 11) is 3.17. The van der Waals surface area contributed by atoms with Crippen molar-refractivity contribution in [1.82, 2.24) is 9.97 Å². The summed E-state index contributed by atoms with van der Waals surface area (Å²) in [6.07, 6.45) is 0. The van der Waals surface area contributed by atoms with E-state index in [9.17, 15) is 0 Å². The van der Waals surface area contributed by atoms with E-state index in [1.54, 1.807) is 20.3 Å². The van der Waals surface area contributed by atoms with Gasteiger partial charge in [-0.15, -0.1) is 0 Å². The average molecular weight is 393 g/mol. The van der Waals surface area contributed by atoms with Gasteiger partial charge in [0, 0.05) is 17.0 Å². The highest BCUT2D eigenvalue weighted by molar-refractivity contribution is 6.28. The third-order valence-electron chi connectivity index (χ3n) is 4.26. The molecule has 0 spiro atoms. The number of ether oxygens (including phenoxy) is 3. The summed E-state index contributed by atoms with van der Waals surface area (Å²) >= 11 is 6.19. The van der Waals surface area contributed by atoms with E-state index in [2.05, 4.69) is 9.97 Å². The smallest absolute Gasteiger partial charge is 0.223 e. The number of hydrogen-bond acceptors (Lipinski definition) is 5. The lowest BCUT2D eigenvalue weighted by atomic mass is 10.1. The molecule has 0 N–H and O–H groups in total. The summed E-state index contributed by atoms with van der Waals surface area (Å²) in [5.41, 5.74) is 2.21. The quantitative estimate of drug-likeness (QED) is 0.404. The van der Waals surface area contributed by atoms with Gasteiger partial charge >= 0.3 is 0 Å². The van der Waals surface area contributed by atoms with Crippen molar-refractivity contribution in [2.75, 3.05) is 14.2 Å². The summed E-state index contributed by atoms with van der Waals surface area (Å²) < 4.78 is 16.7. The van der Waals surface area contributed by atoms with Crippen LogP contribution in [0.4, 0.5) is 0 Å². The molecule has 0 amide bonds. The fraction of sp³-hybridized carbons (Fsp3) is 0.0909. The van der Waals surface area contributed by atoms with Crippen molar-refractivity contribution in [2.45, 2.75) is 0 Å². The Morgan fingerprint density at radius 1 is 0.750 bits per heavy atom. The Bertz CT molecular complexity index is 1130. The number of methoxy groups -OCH3 is 2. The third-order valence-corrected chi connectivity index (χ3v) is 4.43.